The normalized spacial score (nSPS) is 26.6. The first-order valence-electron chi connectivity index (χ1n) is 6.59. The van der Waals surface area contributed by atoms with E-state index >= 15 is 0 Å². The summed E-state index contributed by atoms with van der Waals surface area (Å²) in [6, 6.07) is 0. The number of hydrogen-bond donors (Lipinski definition) is 1. The molecule has 1 rings (SSSR count). The quantitative estimate of drug-likeness (QED) is 0.789. The number of carbonyl (C=O) groups excluding carboxylic acids is 1. The van der Waals surface area contributed by atoms with Crippen LogP contribution in [0.15, 0.2) is 0 Å². The average molecular weight is 242 g/mol. The molecule has 0 aromatic rings. The summed E-state index contributed by atoms with van der Waals surface area (Å²) in [6.45, 7) is 3.23. The molecule has 1 amide bonds. The SMILES string of the molecule is CC(OCC1CCCCC1CN)C(=O)N(C)C. The van der Waals surface area contributed by atoms with Crippen molar-refractivity contribution in [1.29, 1.82) is 0 Å². The molecule has 0 spiro atoms. The van der Waals surface area contributed by atoms with Crippen molar-refractivity contribution >= 4 is 5.91 Å². The number of hydrogen-bond acceptors (Lipinski definition) is 3. The molecule has 3 atom stereocenters. The molecule has 0 aromatic carbocycles. The molecule has 0 saturated heterocycles. The second kappa shape index (κ2) is 6.97. The lowest BCUT2D eigenvalue weighted by Crippen LogP contribution is -2.36. The zero-order chi connectivity index (χ0) is 12.8. The van der Waals surface area contributed by atoms with Crippen LogP contribution in [-0.4, -0.2) is 44.2 Å². The Bertz CT molecular complexity index is 244. The van der Waals surface area contributed by atoms with Crippen molar-refractivity contribution in [1.82, 2.24) is 4.90 Å². The van der Waals surface area contributed by atoms with Crippen LogP contribution in [0, 0.1) is 11.8 Å². The third-order valence-corrected chi connectivity index (χ3v) is 3.72. The maximum atomic E-state index is 11.6. The molecule has 100 valence electrons. The zero-order valence-electron chi connectivity index (χ0n) is 11.3. The van der Waals surface area contributed by atoms with E-state index in [1.807, 2.05) is 6.92 Å². The van der Waals surface area contributed by atoms with Gasteiger partial charge in [-0.1, -0.05) is 12.8 Å². The van der Waals surface area contributed by atoms with Crippen LogP contribution < -0.4 is 5.73 Å². The molecule has 0 bridgehead atoms. The standard InChI is InChI=1S/C13H26N2O2/c1-10(13(16)15(2)3)17-9-12-7-5-4-6-11(12)8-14/h10-12H,4-9,14H2,1-3H3. The van der Waals surface area contributed by atoms with Gasteiger partial charge in [-0.05, 0) is 38.1 Å². The van der Waals surface area contributed by atoms with Gasteiger partial charge in [0.15, 0.2) is 0 Å². The fourth-order valence-corrected chi connectivity index (χ4v) is 2.52. The van der Waals surface area contributed by atoms with Gasteiger partial charge in [-0.25, -0.2) is 0 Å². The molecule has 4 heteroatoms. The lowest BCUT2D eigenvalue weighted by atomic mass is 9.80. The molecule has 1 fully saturated rings. The Labute approximate surface area is 104 Å². The second-order valence-electron chi connectivity index (χ2n) is 5.25. The molecule has 3 unspecified atom stereocenters. The Balaban J connectivity index is 2.35. The lowest BCUT2D eigenvalue weighted by molar-refractivity contribution is -0.141. The first-order valence-corrected chi connectivity index (χ1v) is 6.59. The fourth-order valence-electron chi connectivity index (χ4n) is 2.52. The van der Waals surface area contributed by atoms with Crippen molar-refractivity contribution in [2.75, 3.05) is 27.2 Å². The van der Waals surface area contributed by atoms with Crippen molar-refractivity contribution in [2.24, 2.45) is 17.6 Å². The van der Waals surface area contributed by atoms with Crippen LogP contribution in [0.2, 0.25) is 0 Å². The topological polar surface area (TPSA) is 55.6 Å². The number of carbonyl (C=O) groups is 1. The van der Waals surface area contributed by atoms with E-state index in [4.69, 9.17) is 10.5 Å². The Hall–Kier alpha value is -0.610. The number of ether oxygens (including phenoxy) is 1. The van der Waals surface area contributed by atoms with Crippen LogP contribution >= 0.6 is 0 Å². The predicted octanol–water partition coefficient (Wildman–Crippen LogP) is 1.24. The van der Waals surface area contributed by atoms with Gasteiger partial charge >= 0.3 is 0 Å². The third kappa shape index (κ3) is 4.28. The monoisotopic (exact) mass is 242 g/mol. The van der Waals surface area contributed by atoms with Crippen LogP contribution in [0.4, 0.5) is 0 Å². The van der Waals surface area contributed by atoms with Gasteiger partial charge in [0.1, 0.15) is 6.10 Å². The molecule has 17 heavy (non-hydrogen) atoms. The van der Waals surface area contributed by atoms with E-state index in [1.165, 1.54) is 25.7 Å². The first-order chi connectivity index (χ1) is 8.06. The molecule has 1 saturated carbocycles. The molecule has 1 aliphatic carbocycles. The minimum absolute atomic E-state index is 0.0325. The van der Waals surface area contributed by atoms with E-state index in [-0.39, 0.29) is 12.0 Å². The predicted molar refractivity (Wildman–Crippen MR) is 68.6 cm³/mol. The summed E-state index contributed by atoms with van der Waals surface area (Å²) in [6.07, 6.45) is 4.60. The Morgan fingerprint density at radius 3 is 2.47 bits per heavy atom. The van der Waals surface area contributed by atoms with Gasteiger partial charge in [-0.3, -0.25) is 4.79 Å². The molecule has 0 radical (unpaired) electrons. The van der Waals surface area contributed by atoms with Crippen LogP contribution in [-0.2, 0) is 9.53 Å². The minimum atomic E-state index is -0.342. The van der Waals surface area contributed by atoms with Crippen LogP contribution in [0.25, 0.3) is 0 Å². The molecule has 0 heterocycles. The van der Waals surface area contributed by atoms with Crippen molar-refractivity contribution in [3.63, 3.8) is 0 Å². The van der Waals surface area contributed by atoms with E-state index in [0.29, 0.717) is 18.4 Å². The van der Waals surface area contributed by atoms with E-state index < -0.39 is 0 Å². The van der Waals surface area contributed by atoms with E-state index in [1.54, 1.807) is 19.0 Å². The zero-order valence-corrected chi connectivity index (χ0v) is 11.3. The highest BCUT2D eigenvalue weighted by Gasteiger charge is 2.25. The molecule has 0 aliphatic heterocycles. The summed E-state index contributed by atoms with van der Waals surface area (Å²) in [5, 5.41) is 0. The maximum absolute atomic E-state index is 11.6. The Kier molecular flexibility index (Phi) is 5.92. The van der Waals surface area contributed by atoms with Gasteiger partial charge in [-0.2, -0.15) is 0 Å². The summed E-state index contributed by atoms with van der Waals surface area (Å²) in [4.78, 5) is 13.2. The Morgan fingerprint density at radius 1 is 1.35 bits per heavy atom. The van der Waals surface area contributed by atoms with Crippen molar-refractivity contribution < 1.29 is 9.53 Å². The number of nitrogens with two attached hydrogens (primary N) is 1. The summed E-state index contributed by atoms with van der Waals surface area (Å²) < 4.78 is 5.69. The van der Waals surface area contributed by atoms with E-state index in [0.717, 1.165) is 6.54 Å². The van der Waals surface area contributed by atoms with Gasteiger partial charge in [0.05, 0.1) is 6.61 Å². The van der Waals surface area contributed by atoms with Gasteiger partial charge in [0.2, 0.25) is 0 Å². The molecular formula is C13H26N2O2. The lowest BCUT2D eigenvalue weighted by Gasteiger charge is -2.31. The summed E-state index contributed by atoms with van der Waals surface area (Å²) in [5.41, 5.74) is 5.78. The van der Waals surface area contributed by atoms with Crippen molar-refractivity contribution in [3.05, 3.63) is 0 Å². The molecule has 2 N–H and O–H groups in total. The number of amides is 1. The minimum Gasteiger partial charge on any atom is -0.368 e. The third-order valence-electron chi connectivity index (χ3n) is 3.72. The van der Waals surface area contributed by atoms with Crippen LogP contribution in [0.1, 0.15) is 32.6 Å². The molecule has 1 aliphatic rings. The summed E-state index contributed by atoms with van der Waals surface area (Å²) in [5.74, 6) is 1.14. The van der Waals surface area contributed by atoms with Crippen molar-refractivity contribution in [3.8, 4) is 0 Å². The highest BCUT2D eigenvalue weighted by molar-refractivity contribution is 5.79. The van der Waals surface area contributed by atoms with Crippen molar-refractivity contribution in [2.45, 2.75) is 38.7 Å². The highest BCUT2D eigenvalue weighted by Crippen LogP contribution is 2.29. The highest BCUT2D eigenvalue weighted by atomic mass is 16.5. The summed E-state index contributed by atoms with van der Waals surface area (Å²) >= 11 is 0. The van der Waals surface area contributed by atoms with Gasteiger partial charge < -0.3 is 15.4 Å². The number of nitrogens with zero attached hydrogens (tertiary/aromatic N) is 1. The number of likely N-dealkylation sites (N-methyl/N-ethyl adjacent to an activating group) is 1. The van der Waals surface area contributed by atoms with E-state index in [2.05, 4.69) is 0 Å². The largest absolute Gasteiger partial charge is 0.368 e. The number of rotatable bonds is 5. The molecule has 4 nitrogen and oxygen atoms in total. The van der Waals surface area contributed by atoms with Crippen LogP contribution in [0.3, 0.4) is 0 Å². The van der Waals surface area contributed by atoms with Gasteiger partial charge in [-0.15, -0.1) is 0 Å². The first kappa shape index (κ1) is 14.5. The second-order valence-corrected chi connectivity index (χ2v) is 5.25. The fraction of sp³-hybridized carbons (Fsp3) is 0.923. The van der Waals surface area contributed by atoms with Gasteiger partial charge in [0, 0.05) is 14.1 Å². The van der Waals surface area contributed by atoms with Crippen LogP contribution in [0.5, 0.6) is 0 Å². The molecular weight excluding hydrogens is 216 g/mol. The average Bonchev–Trinajstić information content (AvgIpc) is 2.35. The smallest absolute Gasteiger partial charge is 0.250 e. The molecule has 0 aromatic heterocycles. The van der Waals surface area contributed by atoms with Gasteiger partial charge in [0.25, 0.3) is 5.91 Å². The van der Waals surface area contributed by atoms with E-state index in [9.17, 15) is 4.79 Å². The summed E-state index contributed by atoms with van der Waals surface area (Å²) in [7, 11) is 3.51. The Morgan fingerprint density at radius 2 is 1.94 bits per heavy atom. The maximum Gasteiger partial charge on any atom is 0.250 e.